The van der Waals surface area contributed by atoms with Crippen LogP contribution in [-0.4, -0.2) is 21.2 Å². The molecule has 6 nitrogen and oxygen atoms in total. The minimum atomic E-state index is -0.165. The van der Waals surface area contributed by atoms with E-state index in [1.54, 1.807) is 35.6 Å². The van der Waals surface area contributed by atoms with Crippen LogP contribution in [0, 0.1) is 0 Å². The molecule has 0 spiro atoms. The van der Waals surface area contributed by atoms with Gasteiger partial charge in [-0.3, -0.25) is 19.0 Å². The third kappa shape index (κ3) is 3.49. The molecule has 0 unspecified atom stereocenters. The summed E-state index contributed by atoms with van der Waals surface area (Å²) >= 11 is 1.59. The Kier molecular flexibility index (Phi) is 5.09. The van der Waals surface area contributed by atoms with Gasteiger partial charge in [0.15, 0.2) is 5.78 Å². The highest BCUT2D eigenvalue weighted by Crippen LogP contribution is 2.34. The van der Waals surface area contributed by atoms with E-state index in [9.17, 15) is 14.4 Å². The molecule has 0 bridgehead atoms. The zero-order valence-corrected chi connectivity index (χ0v) is 16.5. The molecule has 28 heavy (non-hydrogen) atoms. The Balaban J connectivity index is 1.53. The van der Waals surface area contributed by atoms with Crippen molar-refractivity contribution in [2.24, 2.45) is 0 Å². The molecule has 1 aliphatic carbocycles. The fraction of sp³-hybridized carbons (Fsp3) is 0.333. The number of fused-ring (bicyclic) bond motifs is 3. The number of aryl methyl sites for hydroxylation is 2. The summed E-state index contributed by atoms with van der Waals surface area (Å²) in [5, 5.41) is 3.48. The molecule has 3 aromatic rings. The summed E-state index contributed by atoms with van der Waals surface area (Å²) in [5.41, 5.74) is 2.13. The monoisotopic (exact) mass is 395 g/mol. The number of amides is 1. The first-order valence-electron chi connectivity index (χ1n) is 9.49. The third-order valence-corrected chi connectivity index (χ3v) is 6.17. The Morgan fingerprint density at radius 3 is 2.75 bits per heavy atom. The Bertz CT molecular complexity index is 1110. The first kappa shape index (κ1) is 18.6. The fourth-order valence-corrected chi connectivity index (χ4v) is 4.79. The molecule has 2 aromatic heterocycles. The van der Waals surface area contributed by atoms with Crippen molar-refractivity contribution in [3.63, 3.8) is 0 Å². The summed E-state index contributed by atoms with van der Waals surface area (Å²) in [6, 6.07) is 6.75. The van der Waals surface area contributed by atoms with Gasteiger partial charge in [-0.1, -0.05) is 6.92 Å². The molecule has 7 heteroatoms. The minimum Gasteiger partial charge on any atom is -0.326 e. The summed E-state index contributed by atoms with van der Waals surface area (Å²) in [6.45, 7) is 1.90. The second-order valence-electron chi connectivity index (χ2n) is 7.01. The number of ketones is 1. The number of rotatable bonds is 6. The molecule has 144 valence electrons. The van der Waals surface area contributed by atoms with Gasteiger partial charge in [0.2, 0.25) is 5.91 Å². The number of hydrogen-bond acceptors (Lipinski definition) is 5. The van der Waals surface area contributed by atoms with Gasteiger partial charge < -0.3 is 5.32 Å². The van der Waals surface area contributed by atoms with E-state index in [-0.39, 0.29) is 23.8 Å². The smallest absolute Gasteiger partial charge is 0.262 e. The number of aromatic nitrogens is 2. The molecular weight excluding hydrogens is 374 g/mol. The van der Waals surface area contributed by atoms with Gasteiger partial charge >= 0.3 is 0 Å². The predicted molar refractivity (Wildman–Crippen MR) is 110 cm³/mol. The van der Waals surface area contributed by atoms with Gasteiger partial charge in [0.05, 0.1) is 18.3 Å². The van der Waals surface area contributed by atoms with E-state index in [0.29, 0.717) is 23.1 Å². The topological polar surface area (TPSA) is 81.1 Å². The summed E-state index contributed by atoms with van der Waals surface area (Å²) in [5.74, 6) is -0.211. The van der Waals surface area contributed by atoms with Crippen LogP contribution in [0.25, 0.3) is 10.2 Å². The lowest BCUT2D eigenvalue weighted by Crippen LogP contribution is -2.24. The first-order chi connectivity index (χ1) is 13.6. The maximum Gasteiger partial charge on any atom is 0.262 e. The Morgan fingerprint density at radius 1 is 1.21 bits per heavy atom. The maximum absolute atomic E-state index is 12.9. The van der Waals surface area contributed by atoms with Gasteiger partial charge in [-0.2, -0.15) is 0 Å². The molecule has 2 heterocycles. The number of benzene rings is 1. The van der Waals surface area contributed by atoms with Gasteiger partial charge in [-0.05, 0) is 55.5 Å². The van der Waals surface area contributed by atoms with E-state index in [4.69, 9.17) is 0 Å². The number of thiophene rings is 1. The van der Waals surface area contributed by atoms with Crippen LogP contribution in [0.3, 0.4) is 0 Å². The largest absolute Gasteiger partial charge is 0.326 e. The van der Waals surface area contributed by atoms with Gasteiger partial charge in [0, 0.05) is 22.5 Å². The molecule has 0 radical (unpaired) electrons. The molecule has 0 atom stereocenters. The normalized spacial score (nSPS) is 12.9. The number of nitrogens with one attached hydrogen (secondary N) is 1. The lowest BCUT2D eigenvalue weighted by molar-refractivity contribution is -0.116. The fourth-order valence-electron chi connectivity index (χ4n) is 3.57. The number of Topliss-reactive ketones (excluding diaryl/α,β-unsaturated/α-hetero) is 1. The zero-order valence-electron chi connectivity index (χ0n) is 15.7. The summed E-state index contributed by atoms with van der Waals surface area (Å²) in [7, 11) is 0. The van der Waals surface area contributed by atoms with Crippen molar-refractivity contribution in [3.05, 3.63) is 57.0 Å². The van der Waals surface area contributed by atoms with Crippen LogP contribution in [0.15, 0.2) is 35.4 Å². The van der Waals surface area contributed by atoms with Gasteiger partial charge in [-0.15, -0.1) is 11.3 Å². The van der Waals surface area contributed by atoms with Gasteiger partial charge in [0.1, 0.15) is 4.83 Å². The summed E-state index contributed by atoms with van der Waals surface area (Å²) < 4.78 is 1.40. The SMILES string of the molecule is CCCC(=O)Nc1ccc(C(=O)Cn2cnc3sc4c(c3c2=O)CCC4)cc1. The molecule has 1 N–H and O–H groups in total. The van der Waals surface area contributed by atoms with Crippen LogP contribution in [0.4, 0.5) is 5.69 Å². The van der Waals surface area contributed by atoms with Gasteiger partial charge in [0.25, 0.3) is 5.56 Å². The van der Waals surface area contributed by atoms with Crippen LogP contribution >= 0.6 is 11.3 Å². The highest BCUT2D eigenvalue weighted by Gasteiger charge is 2.21. The van der Waals surface area contributed by atoms with Crippen molar-refractivity contribution in [1.29, 1.82) is 0 Å². The molecular formula is C21H21N3O3S. The minimum absolute atomic E-state index is 0.0456. The average Bonchev–Trinajstić information content (AvgIpc) is 3.26. The quantitative estimate of drug-likeness (QED) is 0.647. The molecule has 4 rings (SSSR count). The van der Waals surface area contributed by atoms with E-state index in [2.05, 4.69) is 10.3 Å². The summed E-state index contributed by atoms with van der Waals surface area (Å²) in [4.78, 5) is 43.6. The highest BCUT2D eigenvalue weighted by molar-refractivity contribution is 7.18. The number of anilines is 1. The molecule has 1 amide bonds. The van der Waals surface area contributed by atoms with E-state index in [0.717, 1.165) is 36.1 Å². The van der Waals surface area contributed by atoms with Crippen molar-refractivity contribution < 1.29 is 9.59 Å². The molecule has 1 aliphatic rings. The van der Waals surface area contributed by atoms with Gasteiger partial charge in [-0.25, -0.2) is 4.98 Å². The lowest BCUT2D eigenvalue weighted by atomic mass is 10.1. The highest BCUT2D eigenvalue weighted by atomic mass is 32.1. The van der Waals surface area contributed by atoms with Crippen LogP contribution in [0.2, 0.25) is 0 Å². The second-order valence-corrected chi connectivity index (χ2v) is 8.10. The average molecular weight is 395 g/mol. The molecule has 0 saturated carbocycles. The zero-order chi connectivity index (χ0) is 19.7. The summed E-state index contributed by atoms with van der Waals surface area (Å²) in [6.07, 6.45) is 5.71. The maximum atomic E-state index is 12.9. The Labute approximate surface area is 166 Å². The van der Waals surface area contributed by atoms with Crippen molar-refractivity contribution in [2.45, 2.75) is 45.6 Å². The van der Waals surface area contributed by atoms with E-state index in [1.807, 2.05) is 6.92 Å². The standard InChI is InChI=1S/C21H21N3O3S/c1-2-4-18(26)23-14-9-7-13(8-10-14)16(25)11-24-12-22-20-19(21(24)27)15-5-3-6-17(15)28-20/h7-10,12H,2-6,11H2,1H3,(H,23,26). The third-order valence-electron chi connectivity index (χ3n) is 4.97. The van der Waals surface area contributed by atoms with Crippen LogP contribution in [0.1, 0.15) is 47.0 Å². The molecule has 1 aromatic carbocycles. The van der Waals surface area contributed by atoms with E-state index in [1.165, 1.54) is 15.8 Å². The van der Waals surface area contributed by atoms with Crippen molar-refractivity contribution >= 4 is 38.9 Å². The van der Waals surface area contributed by atoms with E-state index >= 15 is 0 Å². The van der Waals surface area contributed by atoms with Crippen molar-refractivity contribution in [3.8, 4) is 0 Å². The first-order valence-corrected chi connectivity index (χ1v) is 10.3. The lowest BCUT2D eigenvalue weighted by Gasteiger charge is -2.07. The Morgan fingerprint density at radius 2 is 2.00 bits per heavy atom. The second kappa shape index (κ2) is 7.67. The Hall–Kier alpha value is -2.80. The van der Waals surface area contributed by atoms with E-state index < -0.39 is 0 Å². The molecule has 0 aliphatic heterocycles. The number of hydrogen-bond donors (Lipinski definition) is 1. The number of carbonyl (C=O) groups is 2. The van der Waals surface area contributed by atoms with Crippen molar-refractivity contribution in [2.75, 3.05) is 5.32 Å². The van der Waals surface area contributed by atoms with Crippen LogP contribution in [0.5, 0.6) is 0 Å². The van der Waals surface area contributed by atoms with Crippen molar-refractivity contribution in [1.82, 2.24) is 9.55 Å². The van der Waals surface area contributed by atoms with Crippen LogP contribution < -0.4 is 10.9 Å². The molecule has 0 saturated heterocycles. The number of carbonyl (C=O) groups excluding carboxylic acids is 2. The number of nitrogens with zero attached hydrogens (tertiary/aromatic N) is 2. The predicted octanol–water partition coefficient (Wildman–Crippen LogP) is 3.57. The van der Waals surface area contributed by atoms with Crippen LogP contribution in [-0.2, 0) is 24.2 Å². The molecule has 0 fully saturated rings.